The van der Waals surface area contributed by atoms with Gasteiger partial charge in [0.15, 0.2) is 0 Å². The van der Waals surface area contributed by atoms with Crippen LogP contribution < -0.4 is 10.1 Å². The van der Waals surface area contributed by atoms with Gasteiger partial charge in [-0.2, -0.15) is 8.78 Å². The summed E-state index contributed by atoms with van der Waals surface area (Å²) in [7, 11) is 0. The van der Waals surface area contributed by atoms with Crippen molar-refractivity contribution in [1.29, 1.82) is 0 Å². The van der Waals surface area contributed by atoms with Gasteiger partial charge in [0, 0.05) is 12.2 Å². The van der Waals surface area contributed by atoms with Crippen molar-refractivity contribution in [2.45, 2.75) is 33.3 Å². The second-order valence-corrected chi connectivity index (χ2v) is 4.18. The molecule has 0 aliphatic rings. The van der Waals surface area contributed by atoms with Crippen molar-refractivity contribution in [1.82, 2.24) is 0 Å². The monoisotopic (exact) mass is 243 g/mol. The Bertz CT molecular complexity index is 314. The first-order chi connectivity index (χ1) is 8.11. The zero-order valence-corrected chi connectivity index (χ0v) is 10.2. The Kier molecular flexibility index (Phi) is 5.73. The molecule has 0 bridgehead atoms. The number of hydrogen-bond acceptors (Lipinski definition) is 2. The number of rotatable bonds is 7. The normalized spacial score (nSPS) is 12.5. The molecule has 0 spiro atoms. The Morgan fingerprint density at radius 3 is 2.41 bits per heavy atom. The maximum atomic E-state index is 11.9. The molecule has 0 aliphatic carbocycles. The molecule has 0 amide bonds. The Hall–Kier alpha value is -1.32. The number of alkyl halides is 2. The standard InChI is InChI=1S/C13H19F2NO/c1-3-4-10(2)9-16-11-5-7-12(8-6-11)17-13(14)15/h5-8,10,13,16H,3-4,9H2,1-2H3. The average Bonchev–Trinajstić information content (AvgIpc) is 2.28. The summed E-state index contributed by atoms with van der Waals surface area (Å²) in [5, 5.41) is 3.27. The molecule has 1 aromatic rings. The minimum Gasteiger partial charge on any atom is -0.435 e. The fraction of sp³-hybridized carbons (Fsp3) is 0.538. The third kappa shape index (κ3) is 5.52. The minimum atomic E-state index is -2.77. The van der Waals surface area contributed by atoms with Crippen molar-refractivity contribution in [3.8, 4) is 5.75 Å². The van der Waals surface area contributed by atoms with Gasteiger partial charge in [-0.05, 0) is 36.6 Å². The summed E-state index contributed by atoms with van der Waals surface area (Å²) in [5.74, 6) is 0.796. The highest BCUT2D eigenvalue weighted by molar-refractivity contribution is 5.46. The van der Waals surface area contributed by atoms with Gasteiger partial charge in [-0.15, -0.1) is 0 Å². The molecule has 1 rings (SSSR count). The molecule has 1 N–H and O–H groups in total. The van der Waals surface area contributed by atoms with E-state index >= 15 is 0 Å². The summed E-state index contributed by atoms with van der Waals surface area (Å²) in [6.45, 7) is 2.47. The van der Waals surface area contributed by atoms with Crippen LogP contribution in [-0.2, 0) is 0 Å². The molecule has 96 valence electrons. The molecule has 1 atom stereocenters. The van der Waals surface area contributed by atoms with Crippen LogP contribution in [0, 0.1) is 5.92 Å². The Morgan fingerprint density at radius 2 is 1.88 bits per heavy atom. The van der Waals surface area contributed by atoms with Gasteiger partial charge < -0.3 is 10.1 Å². The molecule has 17 heavy (non-hydrogen) atoms. The molecule has 4 heteroatoms. The van der Waals surface area contributed by atoms with E-state index in [4.69, 9.17) is 0 Å². The van der Waals surface area contributed by atoms with E-state index in [9.17, 15) is 8.78 Å². The third-order valence-corrected chi connectivity index (χ3v) is 2.52. The number of anilines is 1. The van der Waals surface area contributed by atoms with Gasteiger partial charge in [0.1, 0.15) is 5.75 Å². The van der Waals surface area contributed by atoms with E-state index in [1.807, 2.05) is 0 Å². The van der Waals surface area contributed by atoms with Crippen LogP contribution in [0.3, 0.4) is 0 Å². The van der Waals surface area contributed by atoms with Crippen LogP contribution in [0.2, 0.25) is 0 Å². The van der Waals surface area contributed by atoms with Gasteiger partial charge in [0.2, 0.25) is 0 Å². The Balaban J connectivity index is 2.40. The molecule has 0 heterocycles. The van der Waals surface area contributed by atoms with E-state index in [1.54, 1.807) is 24.3 Å². The van der Waals surface area contributed by atoms with E-state index in [0.29, 0.717) is 5.92 Å². The summed E-state index contributed by atoms with van der Waals surface area (Å²) in [5.41, 5.74) is 0.926. The van der Waals surface area contributed by atoms with E-state index in [1.165, 1.54) is 12.8 Å². The molecule has 0 saturated heterocycles. The van der Waals surface area contributed by atoms with Crippen molar-refractivity contribution < 1.29 is 13.5 Å². The van der Waals surface area contributed by atoms with Gasteiger partial charge in [-0.1, -0.05) is 20.3 Å². The number of benzene rings is 1. The molecular weight excluding hydrogens is 224 g/mol. The fourth-order valence-corrected chi connectivity index (χ4v) is 1.64. The summed E-state index contributed by atoms with van der Waals surface area (Å²) < 4.78 is 28.1. The average molecular weight is 243 g/mol. The van der Waals surface area contributed by atoms with Crippen molar-refractivity contribution >= 4 is 5.69 Å². The van der Waals surface area contributed by atoms with Gasteiger partial charge in [-0.25, -0.2) is 0 Å². The van der Waals surface area contributed by atoms with Crippen molar-refractivity contribution in [2.75, 3.05) is 11.9 Å². The van der Waals surface area contributed by atoms with Crippen molar-refractivity contribution in [3.05, 3.63) is 24.3 Å². The maximum Gasteiger partial charge on any atom is 0.387 e. The van der Waals surface area contributed by atoms with Crippen LogP contribution >= 0.6 is 0 Å². The quantitative estimate of drug-likeness (QED) is 0.777. The predicted molar refractivity (Wildman–Crippen MR) is 65.6 cm³/mol. The molecular formula is C13H19F2NO. The molecule has 1 unspecified atom stereocenters. The molecule has 0 fully saturated rings. The third-order valence-electron chi connectivity index (χ3n) is 2.52. The highest BCUT2D eigenvalue weighted by Gasteiger charge is 2.04. The smallest absolute Gasteiger partial charge is 0.387 e. The van der Waals surface area contributed by atoms with Crippen molar-refractivity contribution in [2.24, 2.45) is 5.92 Å². The topological polar surface area (TPSA) is 21.3 Å². The van der Waals surface area contributed by atoms with Crippen LogP contribution in [0.5, 0.6) is 5.75 Å². The van der Waals surface area contributed by atoms with Gasteiger partial charge in [-0.3, -0.25) is 0 Å². The molecule has 0 radical (unpaired) electrons. The highest BCUT2D eigenvalue weighted by atomic mass is 19.3. The Morgan fingerprint density at radius 1 is 1.24 bits per heavy atom. The van der Waals surface area contributed by atoms with Crippen LogP contribution in [0.1, 0.15) is 26.7 Å². The molecule has 0 aliphatic heterocycles. The molecule has 2 nitrogen and oxygen atoms in total. The second kappa shape index (κ2) is 7.09. The highest BCUT2D eigenvalue weighted by Crippen LogP contribution is 2.18. The van der Waals surface area contributed by atoms with Crippen molar-refractivity contribution in [3.63, 3.8) is 0 Å². The first-order valence-corrected chi connectivity index (χ1v) is 5.90. The van der Waals surface area contributed by atoms with E-state index in [2.05, 4.69) is 23.9 Å². The molecule has 0 saturated carbocycles. The number of ether oxygens (including phenoxy) is 1. The Labute approximate surface area is 101 Å². The largest absolute Gasteiger partial charge is 0.435 e. The van der Waals surface area contributed by atoms with Crippen LogP contribution in [0.4, 0.5) is 14.5 Å². The zero-order valence-electron chi connectivity index (χ0n) is 10.2. The molecule has 1 aromatic carbocycles. The van der Waals surface area contributed by atoms with E-state index < -0.39 is 6.61 Å². The van der Waals surface area contributed by atoms with E-state index in [0.717, 1.165) is 12.2 Å². The number of hydrogen-bond donors (Lipinski definition) is 1. The summed E-state index contributed by atoms with van der Waals surface area (Å²) >= 11 is 0. The molecule has 0 aromatic heterocycles. The SMILES string of the molecule is CCCC(C)CNc1ccc(OC(F)F)cc1. The first-order valence-electron chi connectivity index (χ1n) is 5.90. The lowest BCUT2D eigenvalue weighted by molar-refractivity contribution is -0.0498. The summed E-state index contributed by atoms with van der Waals surface area (Å²) in [6, 6.07) is 6.57. The lowest BCUT2D eigenvalue weighted by Gasteiger charge is -2.13. The summed E-state index contributed by atoms with van der Waals surface area (Å²) in [6.07, 6.45) is 2.35. The van der Waals surface area contributed by atoms with Crippen LogP contribution in [-0.4, -0.2) is 13.2 Å². The van der Waals surface area contributed by atoms with Gasteiger partial charge >= 0.3 is 6.61 Å². The fourth-order valence-electron chi connectivity index (χ4n) is 1.64. The summed E-state index contributed by atoms with van der Waals surface area (Å²) in [4.78, 5) is 0. The predicted octanol–water partition coefficient (Wildman–Crippen LogP) is 4.14. The first kappa shape index (κ1) is 13.7. The maximum absolute atomic E-state index is 11.9. The zero-order chi connectivity index (χ0) is 12.7. The number of halogens is 2. The van der Waals surface area contributed by atoms with Crippen LogP contribution in [0.25, 0.3) is 0 Å². The van der Waals surface area contributed by atoms with E-state index in [-0.39, 0.29) is 5.75 Å². The minimum absolute atomic E-state index is 0.187. The lowest BCUT2D eigenvalue weighted by atomic mass is 10.1. The van der Waals surface area contributed by atoms with Gasteiger partial charge in [0.05, 0.1) is 0 Å². The number of nitrogens with one attached hydrogen (secondary N) is 1. The van der Waals surface area contributed by atoms with Gasteiger partial charge in [0.25, 0.3) is 0 Å². The second-order valence-electron chi connectivity index (χ2n) is 4.18. The van der Waals surface area contributed by atoms with Crippen LogP contribution in [0.15, 0.2) is 24.3 Å². The lowest BCUT2D eigenvalue weighted by Crippen LogP contribution is -2.10.